The van der Waals surface area contributed by atoms with Crippen LogP contribution < -0.4 is 5.73 Å². The second-order valence-electron chi connectivity index (χ2n) is 4.01. The average molecular weight is 186 g/mol. The smallest absolute Gasteiger partial charge is 0.00728 e. The summed E-state index contributed by atoms with van der Waals surface area (Å²) in [6.45, 7) is 3.92. The Hall–Kier alpha value is 0.270. The van der Waals surface area contributed by atoms with Crippen LogP contribution in [0.1, 0.15) is 12.8 Å². The van der Waals surface area contributed by atoms with Crippen molar-refractivity contribution in [2.45, 2.75) is 18.9 Å². The summed E-state index contributed by atoms with van der Waals surface area (Å²) in [4.78, 5) is 2.60. The van der Waals surface area contributed by atoms with Gasteiger partial charge in [0, 0.05) is 37.2 Å². The fourth-order valence-electron chi connectivity index (χ4n) is 2.09. The van der Waals surface area contributed by atoms with Crippen molar-refractivity contribution >= 4 is 11.8 Å². The highest BCUT2D eigenvalue weighted by atomic mass is 32.2. The molecule has 0 aromatic carbocycles. The largest absolute Gasteiger partial charge is 0.328 e. The van der Waals surface area contributed by atoms with E-state index in [-0.39, 0.29) is 0 Å². The van der Waals surface area contributed by atoms with Gasteiger partial charge in [0.05, 0.1) is 0 Å². The van der Waals surface area contributed by atoms with Gasteiger partial charge in [0.2, 0.25) is 0 Å². The van der Waals surface area contributed by atoms with Gasteiger partial charge in [0.25, 0.3) is 0 Å². The first kappa shape index (κ1) is 8.85. The second-order valence-corrected chi connectivity index (χ2v) is 5.24. The van der Waals surface area contributed by atoms with Crippen molar-refractivity contribution in [1.82, 2.24) is 4.90 Å². The van der Waals surface area contributed by atoms with Gasteiger partial charge in [-0.1, -0.05) is 0 Å². The summed E-state index contributed by atoms with van der Waals surface area (Å²) in [5.41, 5.74) is 5.75. The lowest BCUT2D eigenvalue weighted by Crippen LogP contribution is -2.44. The fourth-order valence-corrected chi connectivity index (χ4v) is 3.06. The molecule has 2 rings (SSSR count). The summed E-state index contributed by atoms with van der Waals surface area (Å²) in [5, 5.41) is 0. The average Bonchev–Trinajstić information content (AvgIpc) is 2.04. The maximum absolute atomic E-state index is 5.75. The van der Waals surface area contributed by atoms with Gasteiger partial charge in [-0.3, -0.25) is 0 Å². The van der Waals surface area contributed by atoms with E-state index in [2.05, 4.69) is 16.7 Å². The third-order valence-electron chi connectivity index (χ3n) is 2.89. The molecule has 70 valence electrons. The Morgan fingerprint density at radius 1 is 1.25 bits per heavy atom. The van der Waals surface area contributed by atoms with Crippen molar-refractivity contribution in [3.8, 4) is 0 Å². The summed E-state index contributed by atoms with van der Waals surface area (Å²) in [5.74, 6) is 3.58. The minimum absolute atomic E-state index is 0.522. The van der Waals surface area contributed by atoms with Crippen molar-refractivity contribution in [2.24, 2.45) is 11.7 Å². The normalized spacial score (nSPS) is 37.8. The Labute approximate surface area is 78.9 Å². The molecule has 1 aliphatic heterocycles. The molecule has 2 aliphatic rings. The monoisotopic (exact) mass is 186 g/mol. The zero-order chi connectivity index (χ0) is 8.39. The van der Waals surface area contributed by atoms with E-state index in [0.717, 1.165) is 5.92 Å². The van der Waals surface area contributed by atoms with Gasteiger partial charge in [-0.2, -0.15) is 11.8 Å². The number of thioether (sulfide) groups is 1. The maximum Gasteiger partial charge on any atom is 0.00728 e. The molecule has 2 N–H and O–H groups in total. The van der Waals surface area contributed by atoms with Crippen LogP contribution in [0.5, 0.6) is 0 Å². The highest BCUT2D eigenvalue weighted by molar-refractivity contribution is 7.99. The number of hydrogen-bond donors (Lipinski definition) is 1. The Kier molecular flexibility index (Phi) is 2.94. The van der Waals surface area contributed by atoms with E-state index in [9.17, 15) is 0 Å². The molecule has 2 fully saturated rings. The standard InChI is InChI=1S/C9H18N2S/c10-9-5-8(6-9)7-11-1-3-12-4-2-11/h8-9H,1-7,10H2. The van der Waals surface area contributed by atoms with E-state index in [1.165, 1.54) is 44.0 Å². The SMILES string of the molecule is NC1CC(CN2CCSCC2)C1. The molecular weight excluding hydrogens is 168 g/mol. The molecule has 0 radical (unpaired) electrons. The quantitative estimate of drug-likeness (QED) is 0.691. The number of nitrogens with zero attached hydrogens (tertiary/aromatic N) is 1. The van der Waals surface area contributed by atoms with Crippen LogP contribution in [0.4, 0.5) is 0 Å². The molecule has 3 heteroatoms. The summed E-state index contributed by atoms with van der Waals surface area (Å²) in [6, 6.07) is 0.522. The van der Waals surface area contributed by atoms with Crippen LogP contribution in [0, 0.1) is 5.92 Å². The first-order valence-electron chi connectivity index (χ1n) is 4.90. The minimum atomic E-state index is 0.522. The third-order valence-corrected chi connectivity index (χ3v) is 3.83. The molecule has 12 heavy (non-hydrogen) atoms. The van der Waals surface area contributed by atoms with Gasteiger partial charge in [0.1, 0.15) is 0 Å². The molecule has 1 saturated carbocycles. The molecule has 0 aromatic rings. The van der Waals surface area contributed by atoms with E-state index in [4.69, 9.17) is 5.73 Å². The first-order chi connectivity index (χ1) is 5.84. The number of hydrogen-bond acceptors (Lipinski definition) is 3. The summed E-state index contributed by atoms with van der Waals surface area (Å²) in [7, 11) is 0. The molecule has 0 bridgehead atoms. The number of rotatable bonds is 2. The lowest BCUT2D eigenvalue weighted by molar-refractivity contribution is 0.170. The van der Waals surface area contributed by atoms with Gasteiger partial charge in [0.15, 0.2) is 0 Å². The lowest BCUT2D eigenvalue weighted by atomic mass is 9.80. The molecule has 0 spiro atoms. The van der Waals surface area contributed by atoms with Crippen molar-refractivity contribution in [3.63, 3.8) is 0 Å². The fraction of sp³-hybridized carbons (Fsp3) is 1.00. The van der Waals surface area contributed by atoms with Crippen molar-refractivity contribution in [2.75, 3.05) is 31.1 Å². The van der Waals surface area contributed by atoms with Crippen LogP contribution in [0.2, 0.25) is 0 Å². The molecule has 0 amide bonds. The van der Waals surface area contributed by atoms with Crippen molar-refractivity contribution < 1.29 is 0 Å². The third kappa shape index (κ3) is 2.15. The Balaban J connectivity index is 1.65. The van der Waals surface area contributed by atoms with Gasteiger partial charge in [-0.25, -0.2) is 0 Å². The second kappa shape index (κ2) is 3.99. The van der Waals surface area contributed by atoms with E-state index >= 15 is 0 Å². The first-order valence-corrected chi connectivity index (χ1v) is 6.06. The molecule has 2 nitrogen and oxygen atoms in total. The molecule has 0 aromatic heterocycles. The van der Waals surface area contributed by atoms with E-state index in [1.54, 1.807) is 0 Å². The van der Waals surface area contributed by atoms with Gasteiger partial charge >= 0.3 is 0 Å². The topological polar surface area (TPSA) is 29.3 Å². The summed E-state index contributed by atoms with van der Waals surface area (Å²) < 4.78 is 0. The maximum atomic E-state index is 5.75. The molecule has 0 unspecified atom stereocenters. The Morgan fingerprint density at radius 2 is 1.92 bits per heavy atom. The van der Waals surface area contributed by atoms with Crippen LogP contribution in [0.3, 0.4) is 0 Å². The Morgan fingerprint density at radius 3 is 2.50 bits per heavy atom. The van der Waals surface area contributed by atoms with Gasteiger partial charge in [-0.05, 0) is 18.8 Å². The van der Waals surface area contributed by atoms with Crippen molar-refractivity contribution in [1.29, 1.82) is 0 Å². The molecular formula is C9H18N2S. The predicted octanol–water partition coefficient (Wildman–Crippen LogP) is 0.772. The molecule has 1 saturated heterocycles. The van der Waals surface area contributed by atoms with Crippen LogP contribution in [0.15, 0.2) is 0 Å². The zero-order valence-corrected chi connectivity index (χ0v) is 8.35. The van der Waals surface area contributed by atoms with Crippen LogP contribution in [-0.2, 0) is 0 Å². The highest BCUT2D eigenvalue weighted by Gasteiger charge is 2.27. The number of nitrogens with two attached hydrogens (primary N) is 1. The zero-order valence-electron chi connectivity index (χ0n) is 7.54. The Bertz CT molecular complexity index is 139. The summed E-state index contributed by atoms with van der Waals surface area (Å²) in [6.07, 6.45) is 2.54. The van der Waals surface area contributed by atoms with Crippen LogP contribution in [-0.4, -0.2) is 42.1 Å². The lowest BCUT2D eigenvalue weighted by Gasteiger charge is -2.37. The summed E-state index contributed by atoms with van der Waals surface area (Å²) >= 11 is 2.09. The van der Waals surface area contributed by atoms with E-state index in [1.807, 2.05) is 0 Å². The highest BCUT2D eigenvalue weighted by Crippen LogP contribution is 2.27. The molecule has 0 atom stereocenters. The molecule has 1 heterocycles. The van der Waals surface area contributed by atoms with Crippen LogP contribution >= 0.6 is 11.8 Å². The minimum Gasteiger partial charge on any atom is -0.328 e. The van der Waals surface area contributed by atoms with Crippen molar-refractivity contribution in [3.05, 3.63) is 0 Å². The van der Waals surface area contributed by atoms with Gasteiger partial charge < -0.3 is 10.6 Å². The predicted molar refractivity (Wildman–Crippen MR) is 54.5 cm³/mol. The molecule has 1 aliphatic carbocycles. The van der Waals surface area contributed by atoms with E-state index < -0.39 is 0 Å². The van der Waals surface area contributed by atoms with E-state index in [0.29, 0.717) is 6.04 Å². The van der Waals surface area contributed by atoms with Crippen LogP contribution in [0.25, 0.3) is 0 Å². The van der Waals surface area contributed by atoms with Gasteiger partial charge in [-0.15, -0.1) is 0 Å².